The van der Waals surface area contributed by atoms with Crippen molar-refractivity contribution in [2.75, 3.05) is 7.11 Å². The standard InChI is InChI=1S/C37H35N3O3/c1-5-9-32-22-29(23-35(42-4)36(32)43-25-28-15-12-26(2)13-16-28)24-38-39-37(41)31-17-19-33(20-18-31)40-27(3)14-21-34(40)30-10-7-6-8-11-30/h5-8,10-24H,1,9,25H2,2-4H3,(H,39,41)/b38-24+. The fraction of sp³-hybridized carbons (Fsp3) is 0.135. The number of hydrogen-bond donors (Lipinski definition) is 1. The second-order valence-electron chi connectivity index (χ2n) is 10.3. The molecule has 43 heavy (non-hydrogen) atoms. The molecule has 0 spiro atoms. The molecule has 0 radical (unpaired) electrons. The Morgan fingerprint density at radius 3 is 2.37 bits per heavy atom. The first-order valence-electron chi connectivity index (χ1n) is 14.1. The molecule has 0 atom stereocenters. The molecule has 5 aromatic rings. The third kappa shape index (κ3) is 6.93. The van der Waals surface area contributed by atoms with Crippen LogP contribution < -0.4 is 14.9 Å². The lowest BCUT2D eigenvalue weighted by molar-refractivity contribution is 0.0955. The molecular formula is C37H35N3O3. The third-order valence-electron chi connectivity index (χ3n) is 7.16. The van der Waals surface area contributed by atoms with Crippen LogP contribution in [-0.4, -0.2) is 23.8 Å². The number of methoxy groups -OCH3 is 1. The van der Waals surface area contributed by atoms with Crippen molar-refractivity contribution >= 4 is 12.1 Å². The number of hydrogen-bond acceptors (Lipinski definition) is 4. The van der Waals surface area contributed by atoms with E-state index in [0.29, 0.717) is 30.1 Å². The van der Waals surface area contributed by atoms with Crippen molar-refractivity contribution in [2.24, 2.45) is 5.10 Å². The summed E-state index contributed by atoms with van der Waals surface area (Å²) in [6.45, 7) is 8.43. The molecule has 0 saturated heterocycles. The molecule has 0 bridgehead atoms. The van der Waals surface area contributed by atoms with Gasteiger partial charge in [-0.05, 0) is 85.5 Å². The molecule has 0 saturated carbocycles. The molecule has 6 heteroatoms. The van der Waals surface area contributed by atoms with Gasteiger partial charge >= 0.3 is 0 Å². The molecule has 0 fully saturated rings. The third-order valence-corrected chi connectivity index (χ3v) is 7.16. The first-order chi connectivity index (χ1) is 21.0. The van der Waals surface area contributed by atoms with Gasteiger partial charge in [0, 0.05) is 22.5 Å². The van der Waals surface area contributed by atoms with E-state index in [0.717, 1.165) is 39.3 Å². The zero-order valence-electron chi connectivity index (χ0n) is 24.7. The Morgan fingerprint density at radius 1 is 0.930 bits per heavy atom. The largest absolute Gasteiger partial charge is 0.493 e. The molecule has 5 rings (SSSR count). The van der Waals surface area contributed by atoms with Crippen LogP contribution in [0.3, 0.4) is 0 Å². The second-order valence-corrected chi connectivity index (χ2v) is 10.3. The predicted octanol–water partition coefficient (Wildman–Crippen LogP) is 7.84. The summed E-state index contributed by atoms with van der Waals surface area (Å²) in [6, 6.07) is 34.0. The van der Waals surface area contributed by atoms with Gasteiger partial charge in [0.2, 0.25) is 0 Å². The van der Waals surface area contributed by atoms with Crippen LogP contribution in [0.1, 0.15) is 38.3 Å². The molecule has 1 aromatic heterocycles. The predicted molar refractivity (Wildman–Crippen MR) is 173 cm³/mol. The minimum atomic E-state index is -0.299. The average Bonchev–Trinajstić information content (AvgIpc) is 3.42. The summed E-state index contributed by atoms with van der Waals surface area (Å²) in [6.07, 6.45) is 4.01. The zero-order chi connectivity index (χ0) is 30.2. The van der Waals surface area contributed by atoms with Crippen molar-refractivity contribution < 1.29 is 14.3 Å². The van der Waals surface area contributed by atoms with Crippen LogP contribution in [0.15, 0.2) is 121 Å². The smallest absolute Gasteiger partial charge is 0.271 e. The fourth-order valence-electron chi connectivity index (χ4n) is 4.93. The Morgan fingerprint density at radius 2 is 1.67 bits per heavy atom. The van der Waals surface area contributed by atoms with Gasteiger partial charge < -0.3 is 14.0 Å². The van der Waals surface area contributed by atoms with Crippen LogP contribution in [-0.2, 0) is 13.0 Å². The molecule has 1 N–H and O–H groups in total. The number of nitrogens with one attached hydrogen (secondary N) is 1. The molecule has 4 aromatic carbocycles. The number of hydrazone groups is 1. The van der Waals surface area contributed by atoms with Crippen LogP contribution in [0.2, 0.25) is 0 Å². The average molecular weight is 570 g/mol. The molecule has 0 aliphatic rings. The highest BCUT2D eigenvalue weighted by atomic mass is 16.5. The van der Waals surface area contributed by atoms with E-state index in [1.165, 1.54) is 5.56 Å². The van der Waals surface area contributed by atoms with Gasteiger partial charge in [0.05, 0.1) is 19.0 Å². The number of nitrogens with zero attached hydrogens (tertiary/aromatic N) is 2. The Balaban J connectivity index is 1.28. The molecule has 0 aliphatic carbocycles. The number of carbonyl (C=O) groups excluding carboxylic acids is 1. The zero-order valence-corrected chi connectivity index (χ0v) is 24.7. The number of ether oxygens (including phenoxy) is 2. The number of carbonyl (C=O) groups is 1. The van der Waals surface area contributed by atoms with Crippen LogP contribution >= 0.6 is 0 Å². The number of allylic oxidation sites excluding steroid dienone is 1. The maximum Gasteiger partial charge on any atom is 0.271 e. The van der Waals surface area contributed by atoms with Gasteiger partial charge in [0.25, 0.3) is 5.91 Å². The maximum atomic E-state index is 12.9. The molecular weight excluding hydrogens is 534 g/mol. The summed E-state index contributed by atoms with van der Waals surface area (Å²) < 4.78 is 14.0. The van der Waals surface area contributed by atoms with Crippen molar-refractivity contribution in [1.82, 2.24) is 9.99 Å². The first-order valence-corrected chi connectivity index (χ1v) is 14.1. The molecule has 216 valence electrons. The summed E-state index contributed by atoms with van der Waals surface area (Å²) >= 11 is 0. The van der Waals surface area contributed by atoms with Gasteiger partial charge in [-0.25, -0.2) is 5.43 Å². The fourth-order valence-corrected chi connectivity index (χ4v) is 4.93. The number of rotatable bonds is 11. The summed E-state index contributed by atoms with van der Waals surface area (Å²) in [5.74, 6) is 0.953. The lowest BCUT2D eigenvalue weighted by Gasteiger charge is -2.16. The van der Waals surface area contributed by atoms with Crippen LogP contribution in [0.5, 0.6) is 11.5 Å². The summed E-state index contributed by atoms with van der Waals surface area (Å²) in [7, 11) is 1.61. The van der Waals surface area contributed by atoms with E-state index in [9.17, 15) is 4.79 Å². The Hall–Kier alpha value is -5.36. The number of amides is 1. The van der Waals surface area contributed by atoms with Crippen molar-refractivity contribution in [2.45, 2.75) is 26.9 Å². The molecule has 0 unspecified atom stereocenters. The summed E-state index contributed by atoms with van der Waals surface area (Å²) in [5, 5.41) is 4.21. The van der Waals surface area contributed by atoms with Crippen molar-refractivity contribution in [1.29, 1.82) is 0 Å². The highest BCUT2D eigenvalue weighted by Crippen LogP contribution is 2.34. The molecule has 6 nitrogen and oxygen atoms in total. The molecule has 0 aliphatic heterocycles. The van der Waals surface area contributed by atoms with E-state index >= 15 is 0 Å². The highest BCUT2D eigenvalue weighted by Gasteiger charge is 2.14. The second kappa shape index (κ2) is 13.5. The van der Waals surface area contributed by atoms with Gasteiger partial charge in [-0.1, -0.05) is 66.2 Å². The van der Waals surface area contributed by atoms with Crippen molar-refractivity contribution in [3.05, 3.63) is 149 Å². The maximum absolute atomic E-state index is 12.9. The lowest BCUT2D eigenvalue weighted by atomic mass is 10.1. The van der Waals surface area contributed by atoms with Crippen molar-refractivity contribution in [3.63, 3.8) is 0 Å². The highest BCUT2D eigenvalue weighted by molar-refractivity contribution is 5.95. The van der Waals surface area contributed by atoms with E-state index < -0.39 is 0 Å². The number of aryl methyl sites for hydroxylation is 2. The Kier molecular flexibility index (Phi) is 9.17. The van der Waals surface area contributed by atoms with Gasteiger partial charge in [0.15, 0.2) is 11.5 Å². The number of benzene rings is 4. The monoisotopic (exact) mass is 569 g/mol. The molecule has 1 amide bonds. The van der Waals surface area contributed by atoms with Gasteiger partial charge in [-0.3, -0.25) is 4.79 Å². The van der Waals surface area contributed by atoms with Crippen LogP contribution in [0, 0.1) is 13.8 Å². The van der Waals surface area contributed by atoms with Gasteiger partial charge in [0.1, 0.15) is 6.61 Å². The minimum Gasteiger partial charge on any atom is -0.493 e. The summed E-state index contributed by atoms with van der Waals surface area (Å²) in [5.41, 5.74) is 11.4. The first kappa shape index (κ1) is 29.1. The molecule has 1 heterocycles. The number of aromatic nitrogens is 1. The van der Waals surface area contributed by atoms with Crippen LogP contribution in [0.25, 0.3) is 16.9 Å². The Bertz CT molecular complexity index is 1740. The quantitative estimate of drug-likeness (QED) is 0.100. The Labute approximate surface area is 252 Å². The SMILES string of the molecule is C=CCc1cc(/C=N/NC(=O)c2ccc(-n3c(C)ccc3-c3ccccc3)cc2)cc(OC)c1OCc1ccc(C)cc1. The lowest BCUT2D eigenvalue weighted by Crippen LogP contribution is -2.17. The van der Waals surface area contributed by atoms with E-state index in [2.05, 4.69) is 84.1 Å². The normalized spacial score (nSPS) is 11.0. The summed E-state index contributed by atoms with van der Waals surface area (Å²) in [4.78, 5) is 12.9. The van der Waals surface area contributed by atoms with E-state index in [4.69, 9.17) is 9.47 Å². The van der Waals surface area contributed by atoms with Gasteiger partial charge in [-0.2, -0.15) is 5.10 Å². The van der Waals surface area contributed by atoms with E-state index in [1.807, 2.05) is 48.5 Å². The van der Waals surface area contributed by atoms with E-state index in [1.54, 1.807) is 25.5 Å². The van der Waals surface area contributed by atoms with Gasteiger partial charge in [-0.15, -0.1) is 6.58 Å². The van der Waals surface area contributed by atoms with E-state index in [-0.39, 0.29) is 5.91 Å². The van der Waals surface area contributed by atoms with Crippen molar-refractivity contribution in [3.8, 4) is 28.4 Å². The topological polar surface area (TPSA) is 64.9 Å². The minimum absolute atomic E-state index is 0.299. The van der Waals surface area contributed by atoms with Crippen LogP contribution in [0.4, 0.5) is 0 Å².